The van der Waals surface area contributed by atoms with Gasteiger partial charge in [-0.2, -0.15) is 0 Å². The number of benzene rings is 2. The number of methoxy groups -OCH3 is 2. The molecule has 0 aromatic heterocycles. The van der Waals surface area contributed by atoms with Gasteiger partial charge in [0.1, 0.15) is 5.75 Å². The highest BCUT2D eigenvalue weighted by molar-refractivity contribution is 5.76. The number of carbonyl (C=O) groups is 1. The first-order chi connectivity index (χ1) is 13.2. The molecule has 1 amide bonds. The molecule has 0 N–H and O–H groups in total. The summed E-state index contributed by atoms with van der Waals surface area (Å²) in [7, 11) is 3.27. The Balaban J connectivity index is 1.44. The number of piperazine rings is 1. The lowest BCUT2D eigenvalue weighted by molar-refractivity contribution is -0.132. The Morgan fingerprint density at radius 3 is 2.19 bits per heavy atom. The highest BCUT2D eigenvalue weighted by atomic mass is 16.5. The van der Waals surface area contributed by atoms with E-state index >= 15 is 0 Å². The van der Waals surface area contributed by atoms with Gasteiger partial charge in [-0.15, -0.1) is 0 Å². The van der Waals surface area contributed by atoms with Gasteiger partial charge < -0.3 is 24.0 Å². The first-order valence-electron chi connectivity index (χ1n) is 9.14. The van der Waals surface area contributed by atoms with Gasteiger partial charge in [0.2, 0.25) is 5.91 Å². The zero-order valence-electron chi connectivity index (χ0n) is 15.9. The summed E-state index contributed by atoms with van der Waals surface area (Å²) in [5.41, 5.74) is 1.16. The average Bonchev–Trinajstić information content (AvgIpc) is 2.74. The fourth-order valence-electron chi connectivity index (χ4n) is 3.15. The standard InChI is InChI=1S/C21H26N2O4/c1-25-18-9-7-17(8-10-18)22-12-14-23(15-13-22)21(24)11-16-27-20-6-4-3-5-19(20)26-2/h3-10H,11-16H2,1-2H3. The molecule has 2 aromatic carbocycles. The van der Waals surface area contributed by atoms with Crippen LogP contribution in [0.5, 0.6) is 17.2 Å². The molecule has 0 bridgehead atoms. The highest BCUT2D eigenvalue weighted by Crippen LogP contribution is 2.26. The van der Waals surface area contributed by atoms with Crippen LogP contribution < -0.4 is 19.1 Å². The van der Waals surface area contributed by atoms with Crippen molar-refractivity contribution in [2.75, 3.05) is 51.9 Å². The van der Waals surface area contributed by atoms with Crippen molar-refractivity contribution in [2.24, 2.45) is 0 Å². The molecule has 27 heavy (non-hydrogen) atoms. The van der Waals surface area contributed by atoms with Gasteiger partial charge in [-0.05, 0) is 36.4 Å². The number of carbonyl (C=O) groups excluding carboxylic acids is 1. The van der Waals surface area contributed by atoms with Crippen LogP contribution in [0.15, 0.2) is 48.5 Å². The molecule has 6 nitrogen and oxygen atoms in total. The van der Waals surface area contributed by atoms with Crippen LogP contribution >= 0.6 is 0 Å². The van der Waals surface area contributed by atoms with E-state index in [9.17, 15) is 4.79 Å². The molecule has 0 saturated carbocycles. The minimum absolute atomic E-state index is 0.124. The van der Waals surface area contributed by atoms with Crippen molar-refractivity contribution in [3.63, 3.8) is 0 Å². The maximum absolute atomic E-state index is 12.4. The van der Waals surface area contributed by atoms with Crippen molar-refractivity contribution in [2.45, 2.75) is 6.42 Å². The van der Waals surface area contributed by atoms with Crippen molar-refractivity contribution in [1.82, 2.24) is 4.90 Å². The van der Waals surface area contributed by atoms with Gasteiger partial charge in [0.15, 0.2) is 11.5 Å². The molecule has 0 aliphatic carbocycles. The van der Waals surface area contributed by atoms with Gasteiger partial charge in [-0.25, -0.2) is 0 Å². The van der Waals surface area contributed by atoms with Crippen molar-refractivity contribution >= 4 is 11.6 Å². The van der Waals surface area contributed by atoms with Crippen LogP contribution in [-0.4, -0.2) is 57.8 Å². The average molecular weight is 370 g/mol. The van der Waals surface area contributed by atoms with Crippen LogP contribution in [0.3, 0.4) is 0 Å². The van der Waals surface area contributed by atoms with E-state index in [2.05, 4.69) is 17.0 Å². The zero-order valence-corrected chi connectivity index (χ0v) is 15.9. The normalized spacial score (nSPS) is 14.0. The second-order valence-corrected chi connectivity index (χ2v) is 6.32. The fourth-order valence-corrected chi connectivity index (χ4v) is 3.15. The van der Waals surface area contributed by atoms with E-state index in [0.717, 1.165) is 37.6 Å². The van der Waals surface area contributed by atoms with Crippen LogP contribution in [0, 0.1) is 0 Å². The number of para-hydroxylation sites is 2. The molecule has 6 heteroatoms. The summed E-state index contributed by atoms with van der Waals surface area (Å²) in [4.78, 5) is 16.6. The monoisotopic (exact) mass is 370 g/mol. The summed E-state index contributed by atoms with van der Waals surface area (Å²) in [6, 6.07) is 15.5. The summed E-state index contributed by atoms with van der Waals surface area (Å²) in [6.07, 6.45) is 0.362. The molecule has 1 fully saturated rings. The number of amides is 1. The number of hydrogen-bond acceptors (Lipinski definition) is 5. The quantitative estimate of drug-likeness (QED) is 0.750. The number of ether oxygens (including phenoxy) is 3. The summed E-state index contributed by atoms with van der Waals surface area (Å²) in [6.45, 7) is 3.44. The zero-order chi connectivity index (χ0) is 19.1. The maximum Gasteiger partial charge on any atom is 0.226 e. The Labute approximate surface area is 160 Å². The molecule has 1 aliphatic rings. The van der Waals surface area contributed by atoms with Gasteiger partial charge in [0.25, 0.3) is 0 Å². The summed E-state index contributed by atoms with van der Waals surface area (Å²) in [5.74, 6) is 2.32. The second kappa shape index (κ2) is 9.16. The van der Waals surface area contributed by atoms with Crippen LogP contribution in [0.25, 0.3) is 0 Å². The van der Waals surface area contributed by atoms with Gasteiger partial charge in [0, 0.05) is 31.9 Å². The lowest BCUT2D eigenvalue weighted by Gasteiger charge is -2.36. The molecule has 1 saturated heterocycles. The number of rotatable bonds is 7. The highest BCUT2D eigenvalue weighted by Gasteiger charge is 2.21. The van der Waals surface area contributed by atoms with E-state index in [0.29, 0.717) is 24.5 Å². The van der Waals surface area contributed by atoms with Crippen molar-refractivity contribution in [3.8, 4) is 17.2 Å². The molecule has 3 rings (SSSR count). The lowest BCUT2D eigenvalue weighted by Crippen LogP contribution is -2.49. The first-order valence-corrected chi connectivity index (χ1v) is 9.14. The van der Waals surface area contributed by atoms with Gasteiger partial charge in [-0.1, -0.05) is 12.1 Å². The lowest BCUT2D eigenvalue weighted by atomic mass is 10.2. The van der Waals surface area contributed by atoms with E-state index in [4.69, 9.17) is 14.2 Å². The predicted molar refractivity (Wildman–Crippen MR) is 105 cm³/mol. The molecule has 0 radical (unpaired) electrons. The smallest absolute Gasteiger partial charge is 0.226 e. The second-order valence-electron chi connectivity index (χ2n) is 6.32. The Morgan fingerprint density at radius 1 is 0.889 bits per heavy atom. The Bertz CT molecular complexity index is 740. The molecule has 0 atom stereocenters. The van der Waals surface area contributed by atoms with Gasteiger partial charge in [0.05, 0.1) is 27.2 Å². The molecule has 144 valence electrons. The molecular formula is C21H26N2O4. The topological polar surface area (TPSA) is 51.2 Å². The van der Waals surface area contributed by atoms with Gasteiger partial charge >= 0.3 is 0 Å². The van der Waals surface area contributed by atoms with E-state index in [1.165, 1.54) is 0 Å². The van der Waals surface area contributed by atoms with E-state index in [1.807, 2.05) is 41.3 Å². The number of anilines is 1. The third-order valence-electron chi connectivity index (χ3n) is 4.71. The fraction of sp³-hybridized carbons (Fsp3) is 0.381. The summed E-state index contributed by atoms with van der Waals surface area (Å²) < 4.78 is 16.2. The maximum atomic E-state index is 12.4. The summed E-state index contributed by atoms with van der Waals surface area (Å²) >= 11 is 0. The first kappa shape index (κ1) is 18.9. The Morgan fingerprint density at radius 2 is 1.56 bits per heavy atom. The Hall–Kier alpha value is -2.89. The van der Waals surface area contributed by atoms with Crippen LogP contribution in [0.4, 0.5) is 5.69 Å². The van der Waals surface area contributed by atoms with E-state index in [-0.39, 0.29) is 5.91 Å². The van der Waals surface area contributed by atoms with Crippen LogP contribution in [0.1, 0.15) is 6.42 Å². The molecule has 1 heterocycles. The van der Waals surface area contributed by atoms with E-state index in [1.54, 1.807) is 14.2 Å². The van der Waals surface area contributed by atoms with Crippen molar-refractivity contribution in [1.29, 1.82) is 0 Å². The summed E-state index contributed by atoms with van der Waals surface area (Å²) in [5, 5.41) is 0. The minimum Gasteiger partial charge on any atom is -0.497 e. The van der Waals surface area contributed by atoms with Crippen molar-refractivity contribution < 1.29 is 19.0 Å². The van der Waals surface area contributed by atoms with Crippen LogP contribution in [-0.2, 0) is 4.79 Å². The molecular weight excluding hydrogens is 344 g/mol. The van der Waals surface area contributed by atoms with Crippen molar-refractivity contribution in [3.05, 3.63) is 48.5 Å². The van der Waals surface area contributed by atoms with E-state index < -0.39 is 0 Å². The SMILES string of the molecule is COc1ccc(N2CCN(C(=O)CCOc3ccccc3OC)CC2)cc1. The molecule has 0 spiro atoms. The largest absolute Gasteiger partial charge is 0.497 e. The number of nitrogens with zero attached hydrogens (tertiary/aromatic N) is 2. The number of hydrogen-bond donors (Lipinski definition) is 0. The third kappa shape index (κ3) is 4.84. The molecule has 2 aromatic rings. The Kier molecular flexibility index (Phi) is 6.41. The predicted octanol–water partition coefficient (Wildman–Crippen LogP) is 2.82. The third-order valence-corrected chi connectivity index (χ3v) is 4.71. The molecule has 1 aliphatic heterocycles. The minimum atomic E-state index is 0.124. The molecule has 0 unspecified atom stereocenters. The van der Waals surface area contributed by atoms with Gasteiger partial charge in [-0.3, -0.25) is 4.79 Å². The van der Waals surface area contributed by atoms with Crippen LogP contribution in [0.2, 0.25) is 0 Å².